The molecule has 1 saturated carbocycles. The Labute approximate surface area is 100 Å². The Balaban J connectivity index is 2.50. The first kappa shape index (κ1) is 11.5. The molecule has 1 fully saturated rings. The summed E-state index contributed by atoms with van der Waals surface area (Å²) in [5, 5.41) is 9.42. The van der Waals surface area contributed by atoms with Gasteiger partial charge in [0.15, 0.2) is 0 Å². The summed E-state index contributed by atoms with van der Waals surface area (Å²) in [5.74, 6) is -0.669. The molecular formula is C13H16O2S. The van der Waals surface area contributed by atoms with Gasteiger partial charge >= 0.3 is 5.97 Å². The minimum atomic E-state index is -0.669. The van der Waals surface area contributed by atoms with Gasteiger partial charge in [0.05, 0.1) is 5.41 Å². The van der Waals surface area contributed by atoms with Gasteiger partial charge in [0.1, 0.15) is 0 Å². The van der Waals surface area contributed by atoms with E-state index in [0.717, 1.165) is 29.7 Å². The zero-order chi connectivity index (χ0) is 11.8. The molecule has 0 amide bonds. The average molecular weight is 236 g/mol. The third-order valence-corrected chi connectivity index (χ3v) is 4.27. The number of thioether (sulfide) groups is 1. The molecule has 3 heteroatoms. The van der Waals surface area contributed by atoms with Crippen LogP contribution in [0.25, 0.3) is 0 Å². The lowest BCUT2D eigenvalue weighted by atomic mass is 9.64. The first-order valence-electron chi connectivity index (χ1n) is 5.49. The van der Waals surface area contributed by atoms with E-state index in [1.807, 2.05) is 25.3 Å². The highest BCUT2D eigenvalue weighted by molar-refractivity contribution is 7.98. The molecule has 86 valence electrons. The fourth-order valence-corrected chi connectivity index (χ4v) is 3.11. The lowest BCUT2D eigenvalue weighted by Gasteiger charge is -2.39. The number of carbonyl (C=O) groups is 1. The molecule has 1 N–H and O–H groups in total. The van der Waals surface area contributed by atoms with Crippen LogP contribution >= 0.6 is 11.8 Å². The van der Waals surface area contributed by atoms with Crippen molar-refractivity contribution in [3.63, 3.8) is 0 Å². The van der Waals surface area contributed by atoms with Crippen molar-refractivity contribution >= 4 is 17.7 Å². The van der Waals surface area contributed by atoms with Gasteiger partial charge in [-0.3, -0.25) is 4.79 Å². The topological polar surface area (TPSA) is 37.3 Å². The SMILES string of the molecule is CSc1cc(C)ccc1C1(C(=O)O)CCC1. The van der Waals surface area contributed by atoms with Crippen molar-refractivity contribution in [3.8, 4) is 0 Å². The van der Waals surface area contributed by atoms with E-state index in [0.29, 0.717) is 0 Å². The van der Waals surface area contributed by atoms with E-state index in [-0.39, 0.29) is 0 Å². The van der Waals surface area contributed by atoms with Gasteiger partial charge in [0.25, 0.3) is 0 Å². The van der Waals surface area contributed by atoms with Gasteiger partial charge in [-0.15, -0.1) is 11.8 Å². The second kappa shape index (κ2) is 4.13. The number of benzene rings is 1. The zero-order valence-corrected chi connectivity index (χ0v) is 10.4. The predicted molar refractivity (Wildman–Crippen MR) is 66.1 cm³/mol. The molecule has 2 nitrogen and oxygen atoms in total. The summed E-state index contributed by atoms with van der Waals surface area (Å²) in [6.45, 7) is 2.04. The highest BCUT2D eigenvalue weighted by Crippen LogP contribution is 2.47. The number of aryl methyl sites for hydroxylation is 1. The van der Waals surface area contributed by atoms with Crippen molar-refractivity contribution in [1.29, 1.82) is 0 Å². The Morgan fingerprint density at radius 1 is 1.44 bits per heavy atom. The molecule has 1 aromatic rings. The average Bonchev–Trinajstić information content (AvgIpc) is 2.17. The van der Waals surface area contributed by atoms with E-state index in [1.165, 1.54) is 5.56 Å². The summed E-state index contributed by atoms with van der Waals surface area (Å²) < 4.78 is 0. The zero-order valence-electron chi connectivity index (χ0n) is 9.62. The quantitative estimate of drug-likeness (QED) is 0.819. The van der Waals surface area contributed by atoms with Gasteiger partial charge in [-0.2, -0.15) is 0 Å². The molecule has 0 unspecified atom stereocenters. The van der Waals surface area contributed by atoms with E-state index in [9.17, 15) is 9.90 Å². The van der Waals surface area contributed by atoms with Crippen molar-refractivity contribution < 1.29 is 9.90 Å². The first-order valence-corrected chi connectivity index (χ1v) is 6.71. The van der Waals surface area contributed by atoms with Gasteiger partial charge in [0, 0.05) is 4.90 Å². The minimum Gasteiger partial charge on any atom is -0.481 e. The number of carboxylic acid groups (broad SMARTS) is 1. The molecular weight excluding hydrogens is 220 g/mol. The van der Waals surface area contributed by atoms with Crippen LogP contribution in [-0.4, -0.2) is 17.3 Å². The second-order valence-corrected chi connectivity index (χ2v) is 5.29. The van der Waals surface area contributed by atoms with Crippen LogP contribution < -0.4 is 0 Å². The molecule has 0 heterocycles. The maximum absolute atomic E-state index is 11.4. The summed E-state index contributed by atoms with van der Waals surface area (Å²) in [6.07, 6.45) is 4.58. The van der Waals surface area contributed by atoms with Gasteiger partial charge in [-0.25, -0.2) is 0 Å². The number of rotatable bonds is 3. The van der Waals surface area contributed by atoms with Crippen LogP contribution in [0, 0.1) is 6.92 Å². The maximum atomic E-state index is 11.4. The van der Waals surface area contributed by atoms with Crippen LogP contribution in [0.2, 0.25) is 0 Å². The molecule has 1 aliphatic rings. The minimum absolute atomic E-state index is 0.605. The van der Waals surface area contributed by atoms with E-state index >= 15 is 0 Å². The number of aliphatic carboxylic acids is 1. The Morgan fingerprint density at radius 2 is 2.12 bits per heavy atom. The van der Waals surface area contributed by atoms with Crippen LogP contribution in [0.4, 0.5) is 0 Å². The molecule has 0 radical (unpaired) electrons. The molecule has 0 bridgehead atoms. The molecule has 16 heavy (non-hydrogen) atoms. The molecule has 0 atom stereocenters. The highest BCUT2D eigenvalue weighted by Gasteiger charge is 2.47. The van der Waals surface area contributed by atoms with E-state index in [1.54, 1.807) is 11.8 Å². The largest absolute Gasteiger partial charge is 0.481 e. The fraction of sp³-hybridized carbons (Fsp3) is 0.462. The first-order chi connectivity index (χ1) is 7.60. The van der Waals surface area contributed by atoms with Gasteiger partial charge in [-0.1, -0.05) is 18.6 Å². The van der Waals surface area contributed by atoms with E-state index in [2.05, 4.69) is 6.07 Å². The smallest absolute Gasteiger partial charge is 0.314 e. The van der Waals surface area contributed by atoms with Gasteiger partial charge in [-0.05, 0) is 43.2 Å². The van der Waals surface area contributed by atoms with Gasteiger partial charge < -0.3 is 5.11 Å². The summed E-state index contributed by atoms with van der Waals surface area (Å²) in [7, 11) is 0. The normalized spacial score (nSPS) is 17.9. The summed E-state index contributed by atoms with van der Waals surface area (Å²) in [6, 6.07) is 6.09. The third kappa shape index (κ3) is 1.63. The molecule has 1 aliphatic carbocycles. The predicted octanol–water partition coefficient (Wildman–Crippen LogP) is 3.22. The van der Waals surface area contributed by atoms with Gasteiger partial charge in [0.2, 0.25) is 0 Å². The molecule has 2 rings (SSSR count). The van der Waals surface area contributed by atoms with Crippen LogP contribution in [0.3, 0.4) is 0 Å². The van der Waals surface area contributed by atoms with E-state index in [4.69, 9.17) is 0 Å². The summed E-state index contributed by atoms with van der Waals surface area (Å²) in [5.41, 5.74) is 1.59. The summed E-state index contributed by atoms with van der Waals surface area (Å²) in [4.78, 5) is 12.6. The highest BCUT2D eigenvalue weighted by atomic mass is 32.2. The Bertz CT molecular complexity index is 422. The van der Waals surface area contributed by atoms with Crippen molar-refractivity contribution in [2.24, 2.45) is 0 Å². The fourth-order valence-electron chi connectivity index (χ4n) is 2.32. The van der Waals surface area contributed by atoms with Crippen LogP contribution in [0.1, 0.15) is 30.4 Å². The van der Waals surface area contributed by atoms with Crippen LogP contribution in [0.5, 0.6) is 0 Å². The van der Waals surface area contributed by atoms with Crippen molar-refractivity contribution in [3.05, 3.63) is 29.3 Å². The van der Waals surface area contributed by atoms with Crippen molar-refractivity contribution in [2.45, 2.75) is 36.5 Å². The molecule has 0 spiro atoms. The van der Waals surface area contributed by atoms with E-state index < -0.39 is 11.4 Å². The standard InChI is InChI=1S/C13H16O2S/c1-9-4-5-10(11(8-9)16-2)13(12(14)15)6-3-7-13/h4-5,8H,3,6-7H2,1-2H3,(H,14,15). The Hall–Kier alpha value is -0.960. The second-order valence-electron chi connectivity index (χ2n) is 4.44. The third-order valence-electron chi connectivity index (χ3n) is 3.49. The molecule has 1 aromatic carbocycles. The number of carboxylic acids is 1. The summed E-state index contributed by atoms with van der Waals surface area (Å²) >= 11 is 1.64. The molecule has 0 aromatic heterocycles. The van der Waals surface area contributed by atoms with Crippen LogP contribution in [-0.2, 0) is 10.2 Å². The lowest BCUT2D eigenvalue weighted by Crippen LogP contribution is -2.42. The Morgan fingerprint density at radius 3 is 2.56 bits per heavy atom. The Kier molecular flexibility index (Phi) is 2.98. The van der Waals surface area contributed by atoms with Crippen molar-refractivity contribution in [2.75, 3.05) is 6.26 Å². The molecule has 0 saturated heterocycles. The number of hydrogen-bond acceptors (Lipinski definition) is 2. The molecule has 0 aliphatic heterocycles. The van der Waals surface area contributed by atoms with Crippen molar-refractivity contribution in [1.82, 2.24) is 0 Å². The maximum Gasteiger partial charge on any atom is 0.314 e. The van der Waals surface area contributed by atoms with Crippen LogP contribution in [0.15, 0.2) is 23.1 Å². The number of hydrogen-bond donors (Lipinski definition) is 1. The monoisotopic (exact) mass is 236 g/mol. The lowest BCUT2D eigenvalue weighted by molar-refractivity contribution is -0.147.